The molecule has 106 valence electrons. The summed E-state index contributed by atoms with van der Waals surface area (Å²) in [5.74, 6) is 0. The lowest BCUT2D eigenvalue weighted by Gasteiger charge is -2.26. The van der Waals surface area contributed by atoms with Gasteiger partial charge in [-0.2, -0.15) is 0 Å². The molecule has 0 amide bonds. The highest BCUT2D eigenvalue weighted by molar-refractivity contribution is 5.28. The average molecular weight is 263 g/mol. The monoisotopic (exact) mass is 263 g/mol. The van der Waals surface area contributed by atoms with Crippen LogP contribution in [0.15, 0.2) is 24.3 Å². The van der Waals surface area contributed by atoms with Crippen molar-refractivity contribution in [3.05, 3.63) is 35.4 Å². The Morgan fingerprint density at radius 1 is 1.32 bits per heavy atom. The van der Waals surface area contributed by atoms with Crippen molar-refractivity contribution in [3.63, 3.8) is 0 Å². The summed E-state index contributed by atoms with van der Waals surface area (Å²) in [6.45, 7) is 8.93. The predicted octanol–water partition coefficient (Wildman–Crippen LogP) is 2.40. The molecule has 0 radical (unpaired) electrons. The first-order valence-corrected chi connectivity index (χ1v) is 7.06. The van der Waals surface area contributed by atoms with Crippen LogP contribution in [0.25, 0.3) is 0 Å². The Labute approximate surface area is 116 Å². The molecule has 0 spiro atoms. The SMILES string of the molecule is CC(C)(C)c1ccc(C(O)CC2COCCN2)cc1. The molecule has 1 aromatic rings. The van der Waals surface area contributed by atoms with Crippen molar-refractivity contribution in [2.45, 2.75) is 44.8 Å². The molecule has 1 aliphatic rings. The molecular formula is C16H25NO2. The number of hydrogen-bond acceptors (Lipinski definition) is 3. The van der Waals surface area contributed by atoms with Crippen LogP contribution in [0.2, 0.25) is 0 Å². The zero-order valence-electron chi connectivity index (χ0n) is 12.1. The van der Waals surface area contributed by atoms with Crippen molar-refractivity contribution >= 4 is 0 Å². The normalized spacial score (nSPS) is 22.2. The first-order chi connectivity index (χ1) is 8.97. The second-order valence-electron chi connectivity index (χ2n) is 6.35. The number of ether oxygens (including phenoxy) is 1. The number of aliphatic hydroxyl groups is 1. The highest BCUT2D eigenvalue weighted by Crippen LogP contribution is 2.25. The van der Waals surface area contributed by atoms with E-state index in [0.29, 0.717) is 13.0 Å². The molecule has 3 nitrogen and oxygen atoms in total. The summed E-state index contributed by atoms with van der Waals surface area (Å²) < 4.78 is 5.41. The molecule has 1 aliphatic heterocycles. The zero-order valence-corrected chi connectivity index (χ0v) is 12.1. The molecule has 1 aromatic carbocycles. The molecule has 2 rings (SSSR count). The second-order valence-corrected chi connectivity index (χ2v) is 6.35. The maximum absolute atomic E-state index is 10.3. The van der Waals surface area contributed by atoms with Crippen LogP contribution < -0.4 is 5.32 Å². The maximum atomic E-state index is 10.3. The summed E-state index contributed by atoms with van der Waals surface area (Å²) in [5.41, 5.74) is 2.44. The van der Waals surface area contributed by atoms with Gasteiger partial charge >= 0.3 is 0 Å². The summed E-state index contributed by atoms with van der Waals surface area (Å²) >= 11 is 0. The first kappa shape index (κ1) is 14.5. The fourth-order valence-corrected chi connectivity index (χ4v) is 2.38. The number of hydrogen-bond donors (Lipinski definition) is 2. The molecular weight excluding hydrogens is 238 g/mol. The molecule has 0 aliphatic carbocycles. The minimum absolute atomic E-state index is 0.155. The second kappa shape index (κ2) is 6.04. The molecule has 1 fully saturated rings. The van der Waals surface area contributed by atoms with Gasteiger partial charge in [-0.1, -0.05) is 45.0 Å². The molecule has 1 heterocycles. The Balaban J connectivity index is 1.97. The van der Waals surface area contributed by atoms with Crippen molar-refractivity contribution in [1.82, 2.24) is 5.32 Å². The minimum Gasteiger partial charge on any atom is -0.388 e. The van der Waals surface area contributed by atoms with Gasteiger partial charge in [0.05, 0.1) is 19.3 Å². The molecule has 19 heavy (non-hydrogen) atoms. The molecule has 2 unspecified atom stereocenters. The number of morpholine rings is 1. The number of aliphatic hydroxyl groups excluding tert-OH is 1. The third-order valence-corrected chi connectivity index (χ3v) is 3.67. The van der Waals surface area contributed by atoms with Gasteiger partial charge in [0.15, 0.2) is 0 Å². The third-order valence-electron chi connectivity index (χ3n) is 3.67. The fraction of sp³-hybridized carbons (Fsp3) is 0.625. The van der Waals surface area contributed by atoms with Crippen LogP contribution in [-0.2, 0) is 10.2 Å². The van der Waals surface area contributed by atoms with Gasteiger partial charge in [0.2, 0.25) is 0 Å². The number of nitrogens with one attached hydrogen (secondary N) is 1. The largest absolute Gasteiger partial charge is 0.388 e. The molecule has 2 N–H and O–H groups in total. The Morgan fingerprint density at radius 2 is 2.00 bits per heavy atom. The van der Waals surface area contributed by atoms with E-state index in [-0.39, 0.29) is 11.5 Å². The van der Waals surface area contributed by atoms with E-state index in [0.717, 1.165) is 18.7 Å². The highest BCUT2D eigenvalue weighted by Gasteiger charge is 2.19. The maximum Gasteiger partial charge on any atom is 0.0805 e. The van der Waals surface area contributed by atoms with Gasteiger partial charge in [-0.05, 0) is 23.0 Å². The van der Waals surface area contributed by atoms with E-state index in [4.69, 9.17) is 4.74 Å². The average Bonchev–Trinajstić information content (AvgIpc) is 2.39. The lowest BCUT2D eigenvalue weighted by molar-refractivity contribution is 0.0519. The van der Waals surface area contributed by atoms with Crippen LogP contribution in [0.5, 0.6) is 0 Å². The Bertz CT molecular complexity index is 388. The van der Waals surface area contributed by atoms with E-state index in [1.807, 2.05) is 12.1 Å². The van der Waals surface area contributed by atoms with Crippen LogP contribution in [0.3, 0.4) is 0 Å². The lowest BCUT2D eigenvalue weighted by Crippen LogP contribution is -2.42. The molecule has 0 saturated carbocycles. The third kappa shape index (κ3) is 4.03. The number of rotatable bonds is 3. The Morgan fingerprint density at radius 3 is 2.53 bits per heavy atom. The lowest BCUT2D eigenvalue weighted by atomic mass is 9.86. The van der Waals surface area contributed by atoms with Crippen LogP contribution in [0.1, 0.15) is 44.4 Å². The van der Waals surface area contributed by atoms with Gasteiger partial charge in [-0.25, -0.2) is 0 Å². The molecule has 0 aromatic heterocycles. The summed E-state index contributed by atoms with van der Waals surface area (Å²) in [6, 6.07) is 8.56. The molecule has 3 heteroatoms. The van der Waals surface area contributed by atoms with Crippen molar-refractivity contribution in [2.75, 3.05) is 19.8 Å². The van der Waals surface area contributed by atoms with E-state index < -0.39 is 6.10 Å². The molecule has 2 atom stereocenters. The van der Waals surface area contributed by atoms with Gasteiger partial charge < -0.3 is 15.2 Å². The van der Waals surface area contributed by atoms with Crippen molar-refractivity contribution in [3.8, 4) is 0 Å². The van der Waals surface area contributed by atoms with Crippen LogP contribution in [0, 0.1) is 0 Å². The smallest absolute Gasteiger partial charge is 0.0805 e. The molecule has 1 saturated heterocycles. The van der Waals surface area contributed by atoms with Gasteiger partial charge in [-0.15, -0.1) is 0 Å². The Hall–Kier alpha value is -0.900. The summed E-state index contributed by atoms with van der Waals surface area (Å²) in [6.07, 6.45) is 0.280. The zero-order chi connectivity index (χ0) is 13.9. The van der Waals surface area contributed by atoms with E-state index in [2.05, 4.69) is 38.2 Å². The van der Waals surface area contributed by atoms with Crippen molar-refractivity contribution < 1.29 is 9.84 Å². The van der Waals surface area contributed by atoms with Crippen molar-refractivity contribution in [1.29, 1.82) is 0 Å². The van der Waals surface area contributed by atoms with Crippen molar-refractivity contribution in [2.24, 2.45) is 0 Å². The summed E-state index contributed by atoms with van der Waals surface area (Å²) in [7, 11) is 0. The number of benzene rings is 1. The van der Waals surface area contributed by atoms with Crippen LogP contribution in [-0.4, -0.2) is 30.9 Å². The topological polar surface area (TPSA) is 41.5 Å². The quantitative estimate of drug-likeness (QED) is 0.880. The van der Waals surface area contributed by atoms with Gasteiger partial charge in [-0.3, -0.25) is 0 Å². The van der Waals surface area contributed by atoms with Gasteiger partial charge in [0, 0.05) is 12.6 Å². The van der Waals surface area contributed by atoms with E-state index in [1.165, 1.54) is 5.56 Å². The van der Waals surface area contributed by atoms with Crippen LogP contribution in [0.4, 0.5) is 0 Å². The minimum atomic E-state index is -0.423. The Kier molecular flexibility index (Phi) is 4.61. The highest BCUT2D eigenvalue weighted by atomic mass is 16.5. The summed E-state index contributed by atoms with van der Waals surface area (Å²) in [5, 5.41) is 13.6. The van der Waals surface area contributed by atoms with E-state index >= 15 is 0 Å². The van der Waals surface area contributed by atoms with E-state index in [9.17, 15) is 5.11 Å². The van der Waals surface area contributed by atoms with Crippen LogP contribution >= 0.6 is 0 Å². The van der Waals surface area contributed by atoms with Gasteiger partial charge in [0.1, 0.15) is 0 Å². The molecule has 0 bridgehead atoms. The van der Waals surface area contributed by atoms with Gasteiger partial charge in [0.25, 0.3) is 0 Å². The predicted molar refractivity (Wildman–Crippen MR) is 77.3 cm³/mol. The van der Waals surface area contributed by atoms with E-state index in [1.54, 1.807) is 0 Å². The fourth-order valence-electron chi connectivity index (χ4n) is 2.38. The summed E-state index contributed by atoms with van der Waals surface area (Å²) in [4.78, 5) is 0. The standard InChI is InChI=1S/C16H25NO2/c1-16(2,3)13-6-4-12(5-7-13)15(18)10-14-11-19-9-8-17-14/h4-7,14-15,17-18H,8-11H2,1-3H3. The first-order valence-electron chi connectivity index (χ1n) is 7.06.